The fraction of sp³-hybridized carbons (Fsp3) is 0.214. The quantitative estimate of drug-likeness (QED) is 0.765. The van der Waals surface area contributed by atoms with Crippen molar-refractivity contribution in [3.8, 4) is 0 Å². The normalized spacial score (nSPS) is 10.2. The van der Waals surface area contributed by atoms with Crippen molar-refractivity contribution in [3.05, 3.63) is 53.5 Å². The van der Waals surface area contributed by atoms with Gasteiger partial charge in [0.15, 0.2) is 0 Å². The van der Waals surface area contributed by atoms with Crippen LogP contribution in [0.2, 0.25) is 0 Å². The molecule has 0 atom stereocenters. The molecule has 0 spiro atoms. The zero-order chi connectivity index (χ0) is 13.7. The van der Waals surface area contributed by atoms with Gasteiger partial charge in [-0.3, -0.25) is 4.79 Å². The Morgan fingerprint density at radius 1 is 1.16 bits per heavy atom. The van der Waals surface area contributed by atoms with Gasteiger partial charge < -0.3 is 20.2 Å². The number of nitrogens with one attached hydrogen (secondary N) is 2. The Hall–Kier alpha value is -2.27. The van der Waals surface area contributed by atoms with Crippen LogP contribution in [0.15, 0.2) is 40.8 Å². The number of benzene rings is 1. The number of rotatable bonds is 5. The number of furan rings is 1. The van der Waals surface area contributed by atoms with Crippen LogP contribution in [0.5, 0.6) is 0 Å². The van der Waals surface area contributed by atoms with Crippen LogP contribution in [0.3, 0.4) is 0 Å². The Balaban J connectivity index is 1.94. The minimum Gasteiger partial charge on any atom is -0.462 e. The lowest BCUT2D eigenvalue weighted by molar-refractivity contribution is 0.0963. The van der Waals surface area contributed by atoms with Gasteiger partial charge in [0.2, 0.25) is 0 Å². The van der Waals surface area contributed by atoms with E-state index in [4.69, 9.17) is 9.52 Å². The Morgan fingerprint density at radius 2 is 1.84 bits per heavy atom. The second kappa shape index (κ2) is 6.06. The van der Waals surface area contributed by atoms with Gasteiger partial charge in [0.25, 0.3) is 5.91 Å². The lowest BCUT2D eigenvalue weighted by Crippen LogP contribution is -2.17. The van der Waals surface area contributed by atoms with Crippen LogP contribution in [-0.2, 0) is 13.2 Å². The molecule has 1 heterocycles. The van der Waals surface area contributed by atoms with E-state index in [0.717, 1.165) is 11.4 Å². The van der Waals surface area contributed by atoms with E-state index < -0.39 is 0 Å². The number of amides is 1. The predicted molar refractivity (Wildman–Crippen MR) is 71.8 cm³/mol. The lowest BCUT2D eigenvalue weighted by Gasteiger charge is -2.05. The minimum absolute atomic E-state index is 0.0964. The molecule has 0 aliphatic carbocycles. The second-order valence-corrected chi connectivity index (χ2v) is 4.04. The summed E-state index contributed by atoms with van der Waals surface area (Å²) in [5.74, 6) is 1.19. The minimum atomic E-state index is -0.106. The molecule has 0 aliphatic rings. The summed E-state index contributed by atoms with van der Waals surface area (Å²) in [6, 6.07) is 10.7. The van der Waals surface area contributed by atoms with Crippen molar-refractivity contribution in [2.45, 2.75) is 13.2 Å². The fourth-order valence-electron chi connectivity index (χ4n) is 1.68. The highest BCUT2D eigenvalue weighted by Crippen LogP contribution is 2.13. The molecule has 5 nitrogen and oxygen atoms in total. The van der Waals surface area contributed by atoms with Gasteiger partial charge in [0.1, 0.15) is 18.1 Å². The van der Waals surface area contributed by atoms with Crippen LogP contribution in [0.4, 0.5) is 5.69 Å². The molecule has 1 aromatic carbocycles. The number of hydrogen-bond donors (Lipinski definition) is 3. The molecule has 2 aromatic rings. The standard InChI is InChI=1S/C14H16N2O3/c1-15-14(18)10-2-4-11(5-3-10)16-8-12-6-7-13(9-17)19-12/h2-7,16-17H,8-9H2,1H3,(H,15,18). The van der Waals surface area contributed by atoms with Crippen molar-refractivity contribution in [3.63, 3.8) is 0 Å². The highest BCUT2D eigenvalue weighted by molar-refractivity contribution is 5.94. The monoisotopic (exact) mass is 260 g/mol. The van der Waals surface area contributed by atoms with Gasteiger partial charge in [-0.25, -0.2) is 0 Å². The van der Waals surface area contributed by atoms with Crippen molar-refractivity contribution in [2.75, 3.05) is 12.4 Å². The molecule has 5 heteroatoms. The summed E-state index contributed by atoms with van der Waals surface area (Å²) in [6.07, 6.45) is 0. The van der Waals surface area contributed by atoms with Gasteiger partial charge >= 0.3 is 0 Å². The maximum absolute atomic E-state index is 11.4. The van der Waals surface area contributed by atoms with E-state index in [1.54, 1.807) is 25.2 Å². The molecule has 0 unspecified atom stereocenters. The highest BCUT2D eigenvalue weighted by Gasteiger charge is 2.03. The molecule has 100 valence electrons. The molecule has 19 heavy (non-hydrogen) atoms. The Bertz CT molecular complexity index is 546. The third kappa shape index (κ3) is 3.35. The molecular weight excluding hydrogens is 244 g/mol. The smallest absolute Gasteiger partial charge is 0.251 e. The van der Waals surface area contributed by atoms with Gasteiger partial charge in [0.05, 0.1) is 6.54 Å². The fourth-order valence-corrected chi connectivity index (χ4v) is 1.68. The molecular formula is C14H16N2O3. The molecule has 0 fully saturated rings. The average Bonchev–Trinajstić information content (AvgIpc) is 2.93. The zero-order valence-electron chi connectivity index (χ0n) is 10.6. The van der Waals surface area contributed by atoms with Gasteiger partial charge in [-0.1, -0.05) is 0 Å². The van der Waals surface area contributed by atoms with E-state index in [1.165, 1.54) is 0 Å². The van der Waals surface area contributed by atoms with Crippen LogP contribution in [0.1, 0.15) is 21.9 Å². The summed E-state index contributed by atoms with van der Waals surface area (Å²) in [4.78, 5) is 11.4. The molecule has 0 radical (unpaired) electrons. The van der Waals surface area contributed by atoms with Crippen molar-refractivity contribution in [1.29, 1.82) is 0 Å². The van der Waals surface area contributed by atoms with Crippen LogP contribution < -0.4 is 10.6 Å². The third-order valence-electron chi connectivity index (χ3n) is 2.71. The van der Waals surface area contributed by atoms with Crippen molar-refractivity contribution >= 4 is 11.6 Å². The van der Waals surface area contributed by atoms with Gasteiger partial charge in [-0.2, -0.15) is 0 Å². The van der Waals surface area contributed by atoms with E-state index in [1.807, 2.05) is 18.2 Å². The molecule has 1 aromatic heterocycles. The summed E-state index contributed by atoms with van der Waals surface area (Å²) >= 11 is 0. The third-order valence-corrected chi connectivity index (χ3v) is 2.71. The molecule has 3 N–H and O–H groups in total. The number of hydrogen-bond acceptors (Lipinski definition) is 4. The molecule has 2 rings (SSSR count). The molecule has 1 amide bonds. The van der Waals surface area contributed by atoms with Crippen LogP contribution >= 0.6 is 0 Å². The van der Waals surface area contributed by atoms with Gasteiger partial charge in [-0.05, 0) is 36.4 Å². The number of aliphatic hydroxyl groups is 1. The van der Waals surface area contributed by atoms with Crippen molar-refractivity contribution < 1.29 is 14.3 Å². The van der Waals surface area contributed by atoms with E-state index in [2.05, 4.69) is 10.6 Å². The average molecular weight is 260 g/mol. The number of carbonyl (C=O) groups is 1. The summed E-state index contributed by atoms with van der Waals surface area (Å²) in [5.41, 5.74) is 1.52. The first-order valence-corrected chi connectivity index (χ1v) is 5.97. The number of anilines is 1. The maximum Gasteiger partial charge on any atom is 0.251 e. The van der Waals surface area contributed by atoms with Gasteiger partial charge in [-0.15, -0.1) is 0 Å². The Morgan fingerprint density at radius 3 is 2.42 bits per heavy atom. The van der Waals surface area contributed by atoms with Crippen molar-refractivity contribution in [1.82, 2.24) is 5.32 Å². The van der Waals surface area contributed by atoms with Crippen LogP contribution in [0, 0.1) is 0 Å². The Labute approximate surface area is 111 Å². The SMILES string of the molecule is CNC(=O)c1ccc(NCc2ccc(CO)o2)cc1. The maximum atomic E-state index is 11.4. The van der Waals surface area contributed by atoms with E-state index in [9.17, 15) is 4.79 Å². The van der Waals surface area contributed by atoms with Crippen molar-refractivity contribution in [2.24, 2.45) is 0 Å². The molecule has 0 aliphatic heterocycles. The second-order valence-electron chi connectivity index (χ2n) is 4.04. The lowest BCUT2D eigenvalue weighted by atomic mass is 10.2. The first kappa shape index (κ1) is 13.2. The summed E-state index contributed by atoms with van der Waals surface area (Å²) in [7, 11) is 1.60. The number of aliphatic hydroxyl groups excluding tert-OH is 1. The number of carbonyl (C=O) groups excluding carboxylic acids is 1. The van der Waals surface area contributed by atoms with E-state index >= 15 is 0 Å². The highest BCUT2D eigenvalue weighted by atomic mass is 16.4. The molecule has 0 saturated heterocycles. The van der Waals surface area contributed by atoms with E-state index in [0.29, 0.717) is 17.9 Å². The zero-order valence-corrected chi connectivity index (χ0v) is 10.6. The summed E-state index contributed by atoms with van der Waals surface area (Å²) < 4.78 is 5.36. The Kier molecular flexibility index (Phi) is 4.20. The van der Waals surface area contributed by atoms with E-state index in [-0.39, 0.29) is 12.5 Å². The first-order valence-electron chi connectivity index (χ1n) is 5.97. The van der Waals surface area contributed by atoms with Crippen LogP contribution in [0.25, 0.3) is 0 Å². The first-order chi connectivity index (χ1) is 9.22. The topological polar surface area (TPSA) is 74.5 Å². The molecule has 0 bridgehead atoms. The predicted octanol–water partition coefficient (Wildman–Crippen LogP) is 1.74. The summed E-state index contributed by atoms with van der Waals surface area (Å²) in [5, 5.41) is 14.6. The van der Waals surface area contributed by atoms with Crippen LogP contribution in [-0.4, -0.2) is 18.1 Å². The summed E-state index contributed by atoms with van der Waals surface area (Å²) in [6.45, 7) is 0.431. The largest absolute Gasteiger partial charge is 0.462 e. The molecule has 0 saturated carbocycles. The van der Waals surface area contributed by atoms with Gasteiger partial charge in [0, 0.05) is 18.3 Å².